The summed E-state index contributed by atoms with van der Waals surface area (Å²) in [6.07, 6.45) is -0.372. The number of para-hydroxylation sites is 1. The summed E-state index contributed by atoms with van der Waals surface area (Å²) in [7, 11) is 0. The van der Waals surface area contributed by atoms with E-state index < -0.39 is 0 Å². The molecule has 0 saturated carbocycles. The van der Waals surface area contributed by atoms with E-state index in [2.05, 4.69) is 5.32 Å². The van der Waals surface area contributed by atoms with Gasteiger partial charge in [0.1, 0.15) is 5.75 Å². The van der Waals surface area contributed by atoms with Crippen LogP contribution in [0.4, 0.5) is 4.79 Å². The van der Waals surface area contributed by atoms with Gasteiger partial charge < -0.3 is 10.1 Å². The molecule has 12 heavy (non-hydrogen) atoms. The number of amides is 1. The monoisotopic (exact) mass is 185 g/mol. The fraction of sp³-hybridized carbons (Fsp3) is 0.125. The van der Waals surface area contributed by atoms with Crippen LogP contribution >= 0.6 is 12.4 Å². The van der Waals surface area contributed by atoms with Crippen molar-refractivity contribution < 1.29 is 9.53 Å². The Morgan fingerprint density at radius 2 is 2.08 bits per heavy atom. The van der Waals surface area contributed by atoms with Gasteiger partial charge >= 0.3 is 6.09 Å². The van der Waals surface area contributed by atoms with Gasteiger partial charge in [0.05, 0.1) is 0 Å². The van der Waals surface area contributed by atoms with E-state index in [9.17, 15) is 4.79 Å². The molecule has 1 aromatic carbocycles. The third-order valence-electron chi connectivity index (χ3n) is 1.60. The summed E-state index contributed by atoms with van der Waals surface area (Å²) < 4.78 is 4.88. The summed E-state index contributed by atoms with van der Waals surface area (Å²) in [5, 5.41) is 2.58. The number of carbonyl (C=O) groups excluding carboxylic acids is 1. The fourth-order valence-corrected chi connectivity index (χ4v) is 1.05. The predicted molar refractivity (Wildman–Crippen MR) is 46.6 cm³/mol. The standard InChI is InChI=1S/C8H7NO2.ClH/c10-8-9-5-6-3-1-2-4-7(6)11-8;/h1-4H,5H2,(H,9,10);1H. The molecule has 0 spiro atoms. The van der Waals surface area contributed by atoms with Gasteiger partial charge in [-0.3, -0.25) is 0 Å². The molecule has 1 aliphatic rings. The van der Waals surface area contributed by atoms with Crippen LogP contribution in [-0.4, -0.2) is 6.09 Å². The minimum atomic E-state index is -0.372. The molecule has 2 rings (SSSR count). The van der Waals surface area contributed by atoms with Gasteiger partial charge in [-0.15, -0.1) is 12.4 Å². The van der Waals surface area contributed by atoms with E-state index in [4.69, 9.17) is 4.74 Å². The van der Waals surface area contributed by atoms with E-state index in [0.29, 0.717) is 12.3 Å². The zero-order valence-corrected chi connectivity index (χ0v) is 7.06. The summed E-state index contributed by atoms with van der Waals surface area (Å²) in [5.74, 6) is 0.663. The first-order valence-electron chi connectivity index (χ1n) is 3.40. The molecule has 1 aromatic rings. The highest BCUT2D eigenvalue weighted by Crippen LogP contribution is 2.20. The van der Waals surface area contributed by atoms with Crippen molar-refractivity contribution in [2.45, 2.75) is 6.54 Å². The van der Waals surface area contributed by atoms with Crippen LogP contribution in [0, 0.1) is 0 Å². The highest BCUT2D eigenvalue weighted by molar-refractivity contribution is 5.85. The Kier molecular flexibility index (Phi) is 2.55. The number of nitrogens with one attached hydrogen (secondary N) is 1. The van der Waals surface area contributed by atoms with Crippen molar-refractivity contribution >= 4 is 18.5 Å². The Hall–Kier alpha value is -1.22. The third-order valence-corrected chi connectivity index (χ3v) is 1.60. The molecule has 0 bridgehead atoms. The Morgan fingerprint density at radius 1 is 1.33 bits per heavy atom. The maximum Gasteiger partial charge on any atom is 0.412 e. The van der Waals surface area contributed by atoms with Gasteiger partial charge in [0.15, 0.2) is 0 Å². The Labute approximate surface area is 76.1 Å². The SMILES string of the molecule is Cl.O=C1NCc2ccccc2O1. The van der Waals surface area contributed by atoms with E-state index in [-0.39, 0.29) is 18.5 Å². The van der Waals surface area contributed by atoms with Crippen LogP contribution in [0.25, 0.3) is 0 Å². The molecule has 0 radical (unpaired) electrons. The van der Waals surface area contributed by atoms with Crippen LogP contribution in [0.2, 0.25) is 0 Å². The van der Waals surface area contributed by atoms with Crippen molar-refractivity contribution in [3.8, 4) is 5.75 Å². The number of rotatable bonds is 0. The van der Waals surface area contributed by atoms with Crippen molar-refractivity contribution in [1.29, 1.82) is 0 Å². The maximum absolute atomic E-state index is 10.7. The van der Waals surface area contributed by atoms with Gasteiger partial charge in [0.25, 0.3) is 0 Å². The van der Waals surface area contributed by atoms with Crippen molar-refractivity contribution in [2.75, 3.05) is 0 Å². The number of ether oxygens (including phenoxy) is 1. The van der Waals surface area contributed by atoms with Crippen molar-refractivity contribution in [3.63, 3.8) is 0 Å². The first-order chi connectivity index (χ1) is 5.36. The molecule has 0 aliphatic carbocycles. The molecule has 4 heteroatoms. The van der Waals surface area contributed by atoms with Crippen LogP contribution < -0.4 is 10.1 Å². The number of carbonyl (C=O) groups is 1. The number of hydrogen-bond acceptors (Lipinski definition) is 2. The fourth-order valence-electron chi connectivity index (χ4n) is 1.05. The molecule has 1 aliphatic heterocycles. The molecular formula is C8H8ClNO2. The minimum Gasteiger partial charge on any atom is -0.410 e. The summed E-state index contributed by atoms with van der Waals surface area (Å²) in [6, 6.07) is 7.47. The number of benzene rings is 1. The lowest BCUT2D eigenvalue weighted by Gasteiger charge is -2.15. The summed E-state index contributed by atoms with van der Waals surface area (Å²) in [6.45, 7) is 0.564. The predicted octanol–water partition coefficient (Wildman–Crippen LogP) is 1.71. The van der Waals surface area contributed by atoms with Gasteiger partial charge in [-0.2, -0.15) is 0 Å². The van der Waals surface area contributed by atoms with E-state index in [1.54, 1.807) is 6.07 Å². The molecule has 0 saturated heterocycles. The van der Waals surface area contributed by atoms with E-state index in [1.165, 1.54) is 0 Å². The topological polar surface area (TPSA) is 38.3 Å². The van der Waals surface area contributed by atoms with E-state index >= 15 is 0 Å². The molecule has 64 valence electrons. The third kappa shape index (κ3) is 1.51. The molecule has 0 unspecified atom stereocenters. The number of fused-ring (bicyclic) bond motifs is 1. The average Bonchev–Trinajstić information content (AvgIpc) is 2.04. The van der Waals surface area contributed by atoms with Gasteiger partial charge in [-0.05, 0) is 6.07 Å². The summed E-state index contributed by atoms with van der Waals surface area (Å²) >= 11 is 0. The van der Waals surface area contributed by atoms with Gasteiger partial charge in [-0.25, -0.2) is 4.79 Å². The second-order valence-electron chi connectivity index (χ2n) is 2.35. The average molecular weight is 186 g/mol. The molecule has 0 fully saturated rings. The normalized spacial score (nSPS) is 13.5. The minimum absolute atomic E-state index is 0. The zero-order valence-electron chi connectivity index (χ0n) is 6.24. The quantitative estimate of drug-likeness (QED) is 0.668. The van der Waals surface area contributed by atoms with Crippen LogP contribution in [-0.2, 0) is 6.54 Å². The van der Waals surface area contributed by atoms with Gasteiger partial charge in [0.2, 0.25) is 0 Å². The van der Waals surface area contributed by atoms with Crippen LogP contribution in [0.5, 0.6) is 5.75 Å². The lowest BCUT2D eigenvalue weighted by atomic mass is 10.2. The summed E-state index contributed by atoms with van der Waals surface area (Å²) in [4.78, 5) is 10.7. The Morgan fingerprint density at radius 3 is 2.92 bits per heavy atom. The second-order valence-corrected chi connectivity index (χ2v) is 2.35. The molecule has 0 aromatic heterocycles. The first kappa shape index (κ1) is 8.87. The maximum atomic E-state index is 10.7. The Balaban J connectivity index is 0.000000720. The molecule has 0 atom stereocenters. The van der Waals surface area contributed by atoms with E-state index in [0.717, 1.165) is 5.56 Å². The van der Waals surface area contributed by atoms with Crippen LogP contribution in [0.1, 0.15) is 5.56 Å². The zero-order chi connectivity index (χ0) is 7.68. The smallest absolute Gasteiger partial charge is 0.410 e. The highest BCUT2D eigenvalue weighted by Gasteiger charge is 2.13. The molecule has 3 nitrogen and oxygen atoms in total. The van der Waals surface area contributed by atoms with Crippen LogP contribution in [0.15, 0.2) is 24.3 Å². The lowest BCUT2D eigenvalue weighted by Crippen LogP contribution is -2.30. The van der Waals surface area contributed by atoms with Crippen molar-refractivity contribution in [3.05, 3.63) is 29.8 Å². The molecule has 1 heterocycles. The van der Waals surface area contributed by atoms with Crippen molar-refractivity contribution in [2.24, 2.45) is 0 Å². The number of hydrogen-bond donors (Lipinski definition) is 1. The Bertz CT molecular complexity index is 301. The second kappa shape index (κ2) is 3.45. The molecular weight excluding hydrogens is 178 g/mol. The number of halogens is 1. The van der Waals surface area contributed by atoms with Gasteiger partial charge in [0, 0.05) is 12.1 Å². The van der Waals surface area contributed by atoms with Gasteiger partial charge in [-0.1, -0.05) is 18.2 Å². The molecule has 1 amide bonds. The highest BCUT2D eigenvalue weighted by atomic mass is 35.5. The largest absolute Gasteiger partial charge is 0.412 e. The first-order valence-corrected chi connectivity index (χ1v) is 3.40. The van der Waals surface area contributed by atoms with Crippen LogP contribution in [0.3, 0.4) is 0 Å². The summed E-state index contributed by atoms with van der Waals surface area (Å²) in [5.41, 5.74) is 1.02. The van der Waals surface area contributed by atoms with Crippen molar-refractivity contribution in [1.82, 2.24) is 5.32 Å². The molecule has 1 N–H and O–H groups in total. The lowest BCUT2D eigenvalue weighted by molar-refractivity contribution is 0.194. The van der Waals surface area contributed by atoms with E-state index in [1.807, 2.05) is 18.2 Å².